The van der Waals surface area contributed by atoms with Crippen LogP contribution in [-0.4, -0.2) is 41.0 Å². The van der Waals surface area contributed by atoms with Crippen LogP contribution in [0.2, 0.25) is 19.6 Å². The number of carbonyl (C=O) groups excluding carboxylic acids is 1. The molecule has 4 nitrogen and oxygen atoms in total. The highest BCUT2D eigenvalue weighted by molar-refractivity contribution is 6.69. The summed E-state index contributed by atoms with van der Waals surface area (Å²) in [6.07, 6.45) is 0.811. The first-order chi connectivity index (χ1) is 9.01. The van der Waals surface area contributed by atoms with Gasteiger partial charge in [0.2, 0.25) is 0 Å². The Hall–Kier alpha value is -1.17. The molecule has 0 saturated carbocycles. The van der Waals surface area contributed by atoms with Crippen molar-refractivity contribution in [3.05, 3.63) is 29.8 Å². The maximum absolute atomic E-state index is 10.5. The second kappa shape index (κ2) is 8.09. The molecule has 0 aliphatic rings. The van der Waals surface area contributed by atoms with Gasteiger partial charge in [-0.1, -0.05) is 0 Å². The molecule has 0 heterocycles. The summed E-state index contributed by atoms with van der Waals surface area (Å²) in [5, 5.41) is 0. The van der Waals surface area contributed by atoms with Gasteiger partial charge in [0.05, 0.1) is 19.8 Å². The molecule has 0 fully saturated rings. The largest absolute Gasteiger partial charge is 0.491 e. The van der Waals surface area contributed by atoms with Crippen LogP contribution in [0.3, 0.4) is 0 Å². The van der Waals surface area contributed by atoms with Crippen LogP contribution in [0, 0.1) is 0 Å². The van der Waals surface area contributed by atoms with Crippen molar-refractivity contribution in [2.24, 2.45) is 0 Å². The Balaban J connectivity index is 2.05. The quantitative estimate of drug-likeness (QED) is 0.397. The first-order valence-electron chi connectivity index (χ1n) is 6.41. The number of ether oxygens (including phenoxy) is 2. The molecule has 0 amide bonds. The fraction of sp³-hybridized carbons (Fsp3) is 0.500. The molecule has 0 unspecified atom stereocenters. The van der Waals surface area contributed by atoms with E-state index in [0.29, 0.717) is 32.0 Å². The number of benzene rings is 1. The summed E-state index contributed by atoms with van der Waals surface area (Å²) in [6.45, 7) is 8.72. The summed E-state index contributed by atoms with van der Waals surface area (Å²) in [6, 6.07) is 7.01. The van der Waals surface area contributed by atoms with E-state index in [2.05, 4.69) is 19.6 Å². The van der Waals surface area contributed by atoms with E-state index >= 15 is 0 Å². The minimum atomic E-state index is -1.43. The highest BCUT2D eigenvalue weighted by atomic mass is 28.4. The first kappa shape index (κ1) is 15.9. The van der Waals surface area contributed by atoms with Crippen LogP contribution in [0.1, 0.15) is 10.4 Å². The zero-order valence-electron chi connectivity index (χ0n) is 11.8. The van der Waals surface area contributed by atoms with Crippen LogP contribution in [0.4, 0.5) is 0 Å². The molecule has 1 rings (SSSR count). The lowest BCUT2D eigenvalue weighted by Gasteiger charge is -2.16. The maximum atomic E-state index is 10.5. The van der Waals surface area contributed by atoms with E-state index in [1.807, 2.05) is 0 Å². The zero-order chi connectivity index (χ0) is 14.1. The highest BCUT2D eigenvalue weighted by Gasteiger charge is 2.12. The average Bonchev–Trinajstić information content (AvgIpc) is 2.37. The van der Waals surface area contributed by atoms with Crippen LogP contribution in [-0.2, 0) is 9.16 Å². The van der Waals surface area contributed by atoms with Gasteiger partial charge in [-0.3, -0.25) is 4.79 Å². The van der Waals surface area contributed by atoms with Crippen molar-refractivity contribution in [3.63, 3.8) is 0 Å². The van der Waals surface area contributed by atoms with Crippen LogP contribution >= 0.6 is 0 Å². The molecule has 5 heteroatoms. The molecule has 1 aromatic carbocycles. The summed E-state index contributed by atoms with van der Waals surface area (Å²) in [7, 11) is -1.43. The molecule has 0 radical (unpaired) electrons. The summed E-state index contributed by atoms with van der Waals surface area (Å²) >= 11 is 0. The molecule has 0 saturated heterocycles. The van der Waals surface area contributed by atoms with Crippen molar-refractivity contribution in [1.82, 2.24) is 0 Å². The summed E-state index contributed by atoms with van der Waals surface area (Å²) in [4.78, 5) is 10.5. The third-order valence-electron chi connectivity index (χ3n) is 2.28. The minimum absolute atomic E-state index is 0.493. The number of rotatable bonds is 9. The van der Waals surface area contributed by atoms with Gasteiger partial charge in [-0.2, -0.15) is 0 Å². The predicted octanol–water partition coefficient (Wildman–Crippen LogP) is 2.75. The SMILES string of the molecule is C[Si](C)(C)OCCOCCOc1ccc(C=O)cc1. The van der Waals surface area contributed by atoms with E-state index < -0.39 is 8.32 Å². The molecule has 0 atom stereocenters. The third-order valence-corrected chi connectivity index (χ3v) is 3.35. The molecule has 1 aromatic rings. The second-order valence-electron chi connectivity index (χ2n) is 5.11. The first-order valence-corrected chi connectivity index (χ1v) is 9.82. The zero-order valence-corrected chi connectivity index (χ0v) is 12.8. The Morgan fingerprint density at radius 1 is 1.00 bits per heavy atom. The molecule has 106 valence electrons. The van der Waals surface area contributed by atoms with Gasteiger partial charge in [0.1, 0.15) is 18.6 Å². The fourth-order valence-corrected chi connectivity index (χ4v) is 2.07. The van der Waals surface area contributed by atoms with Crippen molar-refractivity contribution in [2.45, 2.75) is 19.6 Å². The van der Waals surface area contributed by atoms with Crippen molar-refractivity contribution in [3.8, 4) is 5.75 Å². The standard InChI is InChI=1S/C14H22O4Si/c1-19(2,3)18-11-9-16-8-10-17-14-6-4-13(12-15)5-7-14/h4-7,12H,8-11H2,1-3H3. The number of carbonyl (C=O) groups is 1. The van der Waals surface area contributed by atoms with Crippen molar-refractivity contribution < 1.29 is 18.7 Å². The van der Waals surface area contributed by atoms with Crippen LogP contribution in [0.5, 0.6) is 5.75 Å². The van der Waals surface area contributed by atoms with Crippen LogP contribution in [0.25, 0.3) is 0 Å². The van der Waals surface area contributed by atoms with Crippen molar-refractivity contribution >= 4 is 14.6 Å². The van der Waals surface area contributed by atoms with Gasteiger partial charge in [-0.15, -0.1) is 0 Å². The van der Waals surface area contributed by atoms with Gasteiger partial charge in [-0.05, 0) is 43.9 Å². The van der Waals surface area contributed by atoms with Gasteiger partial charge in [0.25, 0.3) is 0 Å². The van der Waals surface area contributed by atoms with E-state index in [1.165, 1.54) is 0 Å². The Bertz CT molecular complexity index is 370. The highest BCUT2D eigenvalue weighted by Crippen LogP contribution is 2.10. The lowest BCUT2D eigenvalue weighted by molar-refractivity contribution is 0.0748. The van der Waals surface area contributed by atoms with Gasteiger partial charge in [0, 0.05) is 5.56 Å². The Kier molecular flexibility index (Phi) is 6.76. The van der Waals surface area contributed by atoms with Gasteiger partial charge in [0.15, 0.2) is 8.32 Å². The molecule has 19 heavy (non-hydrogen) atoms. The smallest absolute Gasteiger partial charge is 0.183 e. The topological polar surface area (TPSA) is 44.8 Å². The number of aldehydes is 1. The molecule has 0 N–H and O–H groups in total. The Labute approximate surface area is 115 Å². The van der Waals surface area contributed by atoms with E-state index in [4.69, 9.17) is 13.9 Å². The number of hydrogen-bond acceptors (Lipinski definition) is 4. The van der Waals surface area contributed by atoms with E-state index in [0.717, 1.165) is 12.0 Å². The third kappa shape index (κ3) is 7.76. The van der Waals surface area contributed by atoms with Crippen molar-refractivity contribution in [1.29, 1.82) is 0 Å². The molecular formula is C14H22O4Si. The Morgan fingerprint density at radius 2 is 1.63 bits per heavy atom. The van der Waals surface area contributed by atoms with Gasteiger partial charge in [-0.25, -0.2) is 0 Å². The van der Waals surface area contributed by atoms with E-state index in [9.17, 15) is 4.79 Å². The lowest BCUT2D eigenvalue weighted by atomic mass is 10.2. The Morgan fingerprint density at radius 3 is 2.21 bits per heavy atom. The van der Waals surface area contributed by atoms with Crippen molar-refractivity contribution in [2.75, 3.05) is 26.4 Å². The second-order valence-corrected chi connectivity index (χ2v) is 9.62. The average molecular weight is 282 g/mol. The monoisotopic (exact) mass is 282 g/mol. The maximum Gasteiger partial charge on any atom is 0.183 e. The summed E-state index contributed by atoms with van der Waals surface area (Å²) in [5.41, 5.74) is 0.645. The van der Waals surface area contributed by atoms with Crippen LogP contribution < -0.4 is 4.74 Å². The van der Waals surface area contributed by atoms with E-state index in [1.54, 1.807) is 24.3 Å². The number of hydrogen-bond donors (Lipinski definition) is 0. The lowest BCUT2D eigenvalue weighted by Crippen LogP contribution is -2.27. The summed E-state index contributed by atoms with van der Waals surface area (Å²) < 4.78 is 16.6. The molecule has 0 aliphatic heterocycles. The molecule has 0 aromatic heterocycles. The van der Waals surface area contributed by atoms with Gasteiger partial charge >= 0.3 is 0 Å². The molecule has 0 aliphatic carbocycles. The van der Waals surface area contributed by atoms with E-state index in [-0.39, 0.29) is 0 Å². The molecule has 0 spiro atoms. The van der Waals surface area contributed by atoms with Gasteiger partial charge < -0.3 is 13.9 Å². The minimum Gasteiger partial charge on any atom is -0.491 e. The molecular weight excluding hydrogens is 260 g/mol. The normalized spacial score (nSPS) is 11.3. The summed E-state index contributed by atoms with van der Waals surface area (Å²) in [5.74, 6) is 0.743. The fourth-order valence-electron chi connectivity index (χ4n) is 1.37. The predicted molar refractivity (Wildman–Crippen MR) is 77.4 cm³/mol. The molecule has 0 bridgehead atoms. The van der Waals surface area contributed by atoms with Crippen LogP contribution in [0.15, 0.2) is 24.3 Å².